The molecule has 2 fully saturated rings. The summed E-state index contributed by atoms with van der Waals surface area (Å²) in [6.45, 7) is 3.04. The highest BCUT2D eigenvalue weighted by molar-refractivity contribution is 5.68. The average molecular weight is 370 g/mol. The highest BCUT2D eigenvalue weighted by atomic mass is 19.4. The van der Waals surface area contributed by atoms with Gasteiger partial charge in [0.25, 0.3) is 0 Å². The minimum atomic E-state index is -4.52. The normalized spacial score (nSPS) is 27.8. The summed E-state index contributed by atoms with van der Waals surface area (Å²) in [6, 6.07) is 0.0810. The van der Waals surface area contributed by atoms with Crippen molar-refractivity contribution in [3.63, 3.8) is 0 Å². The van der Waals surface area contributed by atoms with Gasteiger partial charge in [0.1, 0.15) is 5.82 Å². The van der Waals surface area contributed by atoms with Crippen LogP contribution in [0.3, 0.4) is 0 Å². The molecule has 6 nitrogen and oxygen atoms in total. The maximum atomic E-state index is 13.6. The molecule has 0 aromatic carbocycles. The van der Waals surface area contributed by atoms with Crippen molar-refractivity contribution >= 4 is 17.7 Å². The fourth-order valence-corrected chi connectivity index (χ4v) is 4.19. The minimum absolute atomic E-state index is 0.0332. The largest absolute Gasteiger partial charge is 0.481 e. The van der Waals surface area contributed by atoms with E-state index in [0.717, 1.165) is 19.3 Å². The van der Waals surface area contributed by atoms with E-state index in [4.69, 9.17) is 5.11 Å². The molecular weight excluding hydrogens is 349 g/mol. The van der Waals surface area contributed by atoms with Crippen LogP contribution in [0.15, 0.2) is 0 Å². The van der Waals surface area contributed by atoms with Gasteiger partial charge < -0.3 is 14.9 Å². The number of fused-ring (bicyclic) bond motifs is 1. The zero-order chi connectivity index (χ0) is 18.6. The second kappa shape index (κ2) is 5.99. The molecule has 3 atom stereocenters. The molecule has 1 N–H and O–H groups in total. The Hall–Kier alpha value is -2.06. The van der Waals surface area contributed by atoms with Crippen molar-refractivity contribution < 1.29 is 23.1 Å². The number of alkyl halides is 3. The molecule has 142 valence electrons. The van der Waals surface area contributed by atoms with E-state index in [1.807, 2.05) is 11.8 Å². The number of rotatable bonds is 4. The lowest BCUT2D eigenvalue weighted by molar-refractivity contribution is -0.141. The zero-order valence-corrected chi connectivity index (χ0v) is 14.5. The Bertz CT molecular complexity index is 739. The van der Waals surface area contributed by atoms with E-state index >= 15 is 0 Å². The predicted octanol–water partition coefficient (Wildman–Crippen LogP) is 2.71. The van der Waals surface area contributed by atoms with Crippen molar-refractivity contribution in [3.05, 3.63) is 11.3 Å². The van der Waals surface area contributed by atoms with E-state index in [0.29, 0.717) is 18.9 Å². The van der Waals surface area contributed by atoms with Crippen molar-refractivity contribution in [2.75, 3.05) is 22.9 Å². The van der Waals surface area contributed by atoms with Crippen molar-refractivity contribution in [3.8, 4) is 0 Å². The third kappa shape index (κ3) is 2.77. The van der Waals surface area contributed by atoms with Gasteiger partial charge in [-0.2, -0.15) is 18.2 Å². The fourth-order valence-electron chi connectivity index (χ4n) is 4.19. The Kier molecular flexibility index (Phi) is 4.00. The van der Waals surface area contributed by atoms with Crippen molar-refractivity contribution in [2.24, 2.45) is 5.92 Å². The molecule has 26 heavy (non-hydrogen) atoms. The Morgan fingerprint density at radius 3 is 2.46 bits per heavy atom. The van der Waals surface area contributed by atoms with Crippen LogP contribution in [0.1, 0.15) is 43.9 Å². The minimum Gasteiger partial charge on any atom is -0.481 e. The molecule has 3 heterocycles. The number of halogens is 3. The number of hydrogen-bond donors (Lipinski definition) is 1. The van der Waals surface area contributed by atoms with Crippen LogP contribution in [-0.4, -0.2) is 46.2 Å². The second-order valence-electron chi connectivity index (χ2n) is 7.45. The van der Waals surface area contributed by atoms with Crippen LogP contribution >= 0.6 is 0 Å². The number of nitrogens with zero attached hydrogens (tertiary/aromatic N) is 4. The third-order valence-electron chi connectivity index (χ3n) is 5.91. The molecule has 0 spiro atoms. The number of hydrogen-bond acceptors (Lipinski definition) is 5. The first-order chi connectivity index (χ1) is 12.3. The summed E-state index contributed by atoms with van der Waals surface area (Å²) in [5, 5.41) is 9.04. The van der Waals surface area contributed by atoms with E-state index in [2.05, 4.69) is 9.97 Å². The van der Waals surface area contributed by atoms with Gasteiger partial charge in [0.05, 0.1) is 6.42 Å². The standard InChI is InChI=1S/C17H21F3N4O2/c1-9-4-6-23(9)16-21-14(17(18,19)20)11-5-7-24(15(11)22-16)12-3-2-10(12)8-13(25)26/h9-10,12H,2-8H2,1H3,(H,25,26)/t9-,10-,12+/m0/s1. The summed E-state index contributed by atoms with van der Waals surface area (Å²) >= 11 is 0. The predicted molar refractivity (Wildman–Crippen MR) is 88.3 cm³/mol. The van der Waals surface area contributed by atoms with Crippen molar-refractivity contribution in [2.45, 2.75) is 57.3 Å². The zero-order valence-electron chi connectivity index (χ0n) is 14.5. The highest BCUT2D eigenvalue weighted by Gasteiger charge is 2.45. The number of carbonyl (C=O) groups is 1. The monoisotopic (exact) mass is 370 g/mol. The molecule has 3 aliphatic rings. The van der Waals surface area contributed by atoms with Gasteiger partial charge in [-0.25, -0.2) is 4.98 Å². The quantitative estimate of drug-likeness (QED) is 0.879. The molecule has 0 radical (unpaired) electrons. The van der Waals surface area contributed by atoms with Crippen LogP contribution in [0, 0.1) is 5.92 Å². The topological polar surface area (TPSA) is 69.6 Å². The van der Waals surface area contributed by atoms with Crippen LogP contribution in [-0.2, 0) is 17.4 Å². The van der Waals surface area contributed by atoms with Crippen molar-refractivity contribution in [1.82, 2.24) is 9.97 Å². The van der Waals surface area contributed by atoms with Gasteiger partial charge in [0, 0.05) is 30.7 Å². The first-order valence-electron chi connectivity index (χ1n) is 8.99. The summed E-state index contributed by atoms with van der Waals surface area (Å²) in [5.41, 5.74) is -0.691. The molecule has 1 saturated heterocycles. The van der Waals surface area contributed by atoms with E-state index in [1.54, 1.807) is 4.90 Å². The summed E-state index contributed by atoms with van der Waals surface area (Å²) in [7, 11) is 0. The van der Waals surface area contributed by atoms with Gasteiger partial charge in [-0.3, -0.25) is 4.79 Å². The average Bonchev–Trinajstić information content (AvgIpc) is 2.92. The van der Waals surface area contributed by atoms with Crippen LogP contribution in [0.4, 0.5) is 24.9 Å². The van der Waals surface area contributed by atoms with Gasteiger partial charge in [-0.05, 0) is 38.5 Å². The molecule has 0 unspecified atom stereocenters. The molecule has 0 bridgehead atoms. The molecule has 1 aromatic heterocycles. The Labute approximate surface area is 149 Å². The molecule has 0 amide bonds. The summed E-state index contributed by atoms with van der Waals surface area (Å²) < 4.78 is 40.7. The maximum Gasteiger partial charge on any atom is 0.433 e. The summed E-state index contributed by atoms with van der Waals surface area (Å²) in [5.74, 6) is -0.417. The number of anilines is 2. The fraction of sp³-hybridized carbons (Fsp3) is 0.706. The van der Waals surface area contributed by atoms with Gasteiger partial charge in [0.15, 0.2) is 5.69 Å². The highest BCUT2D eigenvalue weighted by Crippen LogP contribution is 2.44. The van der Waals surface area contributed by atoms with Gasteiger partial charge in [-0.15, -0.1) is 0 Å². The maximum absolute atomic E-state index is 13.6. The van der Waals surface area contributed by atoms with Crippen molar-refractivity contribution in [1.29, 1.82) is 0 Å². The van der Waals surface area contributed by atoms with Gasteiger partial charge in [0.2, 0.25) is 5.95 Å². The summed E-state index contributed by atoms with van der Waals surface area (Å²) in [4.78, 5) is 23.1. The second-order valence-corrected chi connectivity index (χ2v) is 7.45. The third-order valence-corrected chi connectivity index (χ3v) is 5.91. The summed E-state index contributed by atoms with van der Waals surface area (Å²) in [6.07, 6.45) is -1.74. The molecule has 2 aliphatic heterocycles. The van der Waals surface area contributed by atoms with Gasteiger partial charge in [-0.1, -0.05) is 0 Å². The van der Waals surface area contributed by atoms with E-state index in [-0.39, 0.29) is 42.4 Å². The smallest absolute Gasteiger partial charge is 0.433 e. The van der Waals surface area contributed by atoms with Crippen LogP contribution in [0.25, 0.3) is 0 Å². The Balaban J connectivity index is 1.70. The van der Waals surface area contributed by atoms with E-state index in [1.165, 1.54) is 0 Å². The molecule has 9 heteroatoms. The first kappa shape index (κ1) is 17.4. The molecular formula is C17H21F3N4O2. The number of carboxylic acid groups (broad SMARTS) is 1. The number of aliphatic carboxylic acids is 1. The number of aromatic nitrogens is 2. The van der Waals surface area contributed by atoms with E-state index < -0.39 is 17.8 Å². The first-order valence-corrected chi connectivity index (χ1v) is 8.99. The lowest BCUT2D eigenvalue weighted by atomic mass is 9.76. The number of carboxylic acids is 1. The molecule has 1 aromatic rings. The lowest BCUT2D eigenvalue weighted by Gasteiger charge is -2.43. The lowest BCUT2D eigenvalue weighted by Crippen LogP contribution is -2.48. The Morgan fingerprint density at radius 2 is 1.96 bits per heavy atom. The molecule has 4 rings (SSSR count). The van der Waals surface area contributed by atoms with Gasteiger partial charge >= 0.3 is 12.1 Å². The van der Waals surface area contributed by atoms with E-state index in [9.17, 15) is 18.0 Å². The Morgan fingerprint density at radius 1 is 1.19 bits per heavy atom. The van der Waals surface area contributed by atoms with Crippen LogP contribution < -0.4 is 9.80 Å². The SMILES string of the molecule is C[C@H]1CCN1c1nc2c(c(C(F)(F)F)n1)CCN2[C@@H]1CC[C@H]1CC(=O)O. The molecule has 1 saturated carbocycles. The molecule has 1 aliphatic carbocycles. The van der Waals surface area contributed by atoms with Crippen LogP contribution in [0.2, 0.25) is 0 Å². The van der Waals surface area contributed by atoms with Crippen LogP contribution in [0.5, 0.6) is 0 Å².